The van der Waals surface area contributed by atoms with Crippen molar-refractivity contribution in [1.82, 2.24) is 50.7 Å². The standard InChI is InChI=1S/C55H47F2N15O3/c1-8-30-19-34-33-20-39(75-53-60-16-15-26(4)65-53)36(56)21-35(33)54(5)43-49(59)61-23-63-50(43)72(46(54)41(34)47(57)66-30)22-29-18-37(29)68-52(74)44-32-14-11-28(17-38(32)69-70-44)40-42-48(58)62-24-64-55(42,6)71(7)45(40)27-9-12-31(13-10-27)67-51(73)25(2)3/h1,9-17,19-21,23-24,29,37,46H,2,18,22,58H2,3-7H3,(H,62,64)(H,67,73)(H,68,74)(H,69,70)(H2,59,61,63). The molecular formula is C55H47F2N15O3. The van der Waals surface area contributed by atoms with Crippen LogP contribution in [-0.4, -0.2) is 83.5 Å². The fourth-order valence-corrected chi connectivity index (χ4v) is 11.3. The molecule has 1 fully saturated rings. The smallest absolute Gasteiger partial charge is 0.322 e. The molecule has 5 unspecified atom stereocenters. The fourth-order valence-electron chi connectivity index (χ4n) is 11.3. The van der Waals surface area contributed by atoms with E-state index < -0.39 is 28.9 Å². The number of ether oxygens (including phenoxy) is 1. The molecule has 0 bridgehead atoms. The van der Waals surface area contributed by atoms with E-state index in [0.717, 1.165) is 28.0 Å². The molecule has 2 amide bonds. The van der Waals surface area contributed by atoms with Gasteiger partial charge in [0.2, 0.25) is 5.95 Å². The maximum Gasteiger partial charge on any atom is 0.322 e. The van der Waals surface area contributed by atoms with E-state index in [2.05, 4.69) is 63.5 Å². The molecule has 5 aliphatic rings. The molecule has 2 aliphatic carbocycles. The number of aromatic amines is 1. The molecule has 0 saturated heterocycles. The molecule has 0 spiro atoms. The number of H-pyrrole nitrogens is 1. The van der Waals surface area contributed by atoms with Crippen LogP contribution >= 0.6 is 0 Å². The zero-order valence-corrected chi connectivity index (χ0v) is 41.2. The van der Waals surface area contributed by atoms with Crippen molar-refractivity contribution in [3.8, 4) is 35.2 Å². The minimum atomic E-state index is -1.22. The minimum Gasteiger partial charge on any atom is -0.421 e. The van der Waals surface area contributed by atoms with Crippen LogP contribution in [0.5, 0.6) is 11.8 Å². The van der Waals surface area contributed by atoms with Crippen molar-refractivity contribution in [2.45, 2.75) is 57.3 Å². The van der Waals surface area contributed by atoms with E-state index in [-0.39, 0.29) is 58.3 Å². The van der Waals surface area contributed by atoms with Gasteiger partial charge in [-0.2, -0.15) is 9.49 Å². The number of hydrogen-bond acceptors (Lipinski definition) is 15. The zero-order chi connectivity index (χ0) is 52.4. The van der Waals surface area contributed by atoms with E-state index in [1.807, 2.05) is 68.3 Å². The Morgan fingerprint density at radius 1 is 1.01 bits per heavy atom. The Bertz CT molecular complexity index is 3830. The number of halogens is 2. The lowest BCUT2D eigenvalue weighted by Gasteiger charge is -2.43. The van der Waals surface area contributed by atoms with Gasteiger partial charge in [-0.05, 0) is 116 Å². The van der Waals surface area contributed by atoms with Crippen LogP contribution in [-0.2, 0) is 10.2 Å². The summed E-state index contributed by atoms with van der Waals surface area (Å²) in [4.78, 5) is 57.1. The second-order valence-corrected chi connectivity index (χ2v) is 19.7. The number of likely N-dealkylation sites (N-methyl/N-ethyl adjacent to an activating group) is 1. The number of fused-ring (bicyclic) bond motifs is 10. The molecule has 374 valence electrons. The highest BCUT2D eigenvalue weighted by Gasteiger charge is 2.59. The van der Waals surface area contributed by atoms with Crippen LogP contribution in [0.3, 0.4) is 0 Å². The summed E-state index contributed by atoms with van der Waals surface area (Å²) in [6.07, 6.45) is 10.8. The van der Waals surface area contributed by atoms with Crippen LogP contribution in [0.2, 0.25) is 0 Å². The Kier molecular flexibility index (Phi) is 10.4. The third kappa shape index (κ3) is 7.16. The molecule has 18 nitrogen and oxygen atoms in total. The Morgan fingerprint density at radius 2 is 1.80 bits per heavy atom. The number of carbonyl (C=O) groups excluding carboxylic acids is 2. The molecular weight excluding hydrogens is 957 g/mol. The van der Waals surface area contributed by atoms with Crippen molar-refractivity contribution >= 4 is 57.6 Å². The summed E-state index contributed by atoms with van der Waals surface area (Å²) in [5.41, 5.74) is 19.9. The van der Waals surface area contributed by atoms with Gasteiger partial charge in [0.25, 0.3) is 11.8 Å². The lowest BCUT2D eigenvalue weighted by Crippen LogP contribution is -2.44. The average Bonchev–Trinajstić information content (AvgIpc) is 3.74. The van der Waals surface area contributed by atoms with Gasteiger partial charge in [0.15, 0.2) is 22.9 Å². The summed E-state index contributed by atoms with van der Waals surface area (Å²) in [7, 11) is 1.95. The highest BCUT2D eigenvalue weighted by atomic mass is 19.1. The highest BCUT2D eigenvalue weighted by molar-refractivity contribution is 6.09. The molecule has 1 saturated carbocycles. The number of hydrogen-bond donors (Lipinski definition) is 6. The van der Waals surface area contributed by atoms with Crippen molar-refractivity contribution in [2.24, 2.45) is 16.6 Å². The summed E-state index contributed by atoms with van der Waals surface area (Å²) in [6.45, 7) is 11.3. The third-order valence-corrected chi connectivity index (χ3v) is 15.1. The number of benzene rings is 3. The maximum absolute atomic E-state index is 16.9. The number of rotatable bonds is 10. The molecule has 75 heavy (non-hydrogen) atoms. The number of aliphatic imine (C=N–C) groups is 1. The predicted molar refractivity (Wildman–Crippen MR) is 279 cm³/mol. The summed E-state index contributed by atoms with van der Waals surface area (Å²) >= 11 is 0. The number of pyridine rings is 1. The number of aromatic nitrogens is 7. The number of anilines is 3. The summed E-state index contributed by atoms with van der Waals surface area (Å²) in [5.74, 6) is 0.998. The molecule has 3 aliphatic heterocycles. The maximum atomic E-state index is 16.9. The van der Waals surface area contributed by atoms with Crippen LogP contribution < -0.4 is 37.1 Å². The molecule has 5 atom stereocenters. The Hall–Kier alpha value is -9.51. The summed E-state index contributed by atoms with van der Waals surface area (Å²) in [6, 6.07) is 18.2. The van der Waals surface area contributed by atoms with E-state index in [1.54, 1.807) is 32.3 Å². The first-order valence-corrected chi connectivity index (χ1v) is 24.0. The number of carbonyl (C=O) groups is 2. The van der Waals surface area contributed by atoms with Crippen molar-refractivity contribution in [1.29, 1.82) is 0 Å². The largest absolute Gasteiger partial charge is 0.421 e. The van der Waals surface area contributed by atoms with E-state index >= 15 is 8.78 Å². The van der Waals surface area contributed by atoms with E-state index in [9.17, 15) is 9.59 Å². The first-order valence-electron chi connectivity index (χ1n) is 24.0. The number of nitrogens with one attached hydrogen (secondary N) is 4. The molecule has 12 rings (SSSR count). The topological polar surface area (TPSA) is 243 Å². The average molecular weight is 1000 g/mol. The van der Waals surface area contributed by atoms with Crippen LogP contribution in [0.4, 0.5) is 26.1 Å². The normalized spacial score (nSPS) is 21.7. The lowest BCUT2D eigenvalue weighted by molar-refractivity contribution is -0.112. The lowest BCUT2D eigenvalue weighted by atomic mass is 9.64. The van der Waals surface area contributed by atoms with Gasteiger partial charge in [-0.25, -0.2) is 34.3 Å². The highest BCUT2D eigenvalue weighted by Crippen LogP contribution is 2.64. The van der Waals surface area contributed by atoms with Crippen molar-refractivity contribution in [3.05, 3.63) is 159 Å². The summed E-state index contributed by atoms with van der Waals surface area (Å²) in [5, 5.41) is 17.3. The second kappa shape index (κ2) is 16.8. The van der Waals surface area contributed by atoms with Gasteiger partial charge in [0.1, 0.15) is 29.5 Å². The Balaban J connectivity index is 0.844. The number of nitrogen functional groups attached to an aromatic ring is 1. The molecule has 8 N–H and O–H groups in total. The third-order valence-electron chi connectivity index (χ3n) is 15.1. The zero-order valence-electron chi connectivity index (χ0n) is 41.2. The second-order valence-electron chi connectivity index (χ2n) is 19.7. The number of terminal acetylenes is 1. The Morgan fingerprint density at radius 3 is 2.56 bits per heavy atom. The summed E-state index contributed by atoms with van der Waals surface area (Å²) < 4.78 is 39.2. The molecule has 20 heteroatoms. The first kappa shape index (κ1) is 46.6. The van der Waals surface area contributed by atoms with Crippen LogP contribution in [0.1, 0.15) is 82.9 Å². The Labute approximate surface area is 428 Å². The molecule has 3 aromatic carbocycles. The molecule has 7 heterocycles. The number of aryl methyl sites for hydroxylation is 1. The quantitative estimate of drug-likeness (QED) is 0.0460. The van der Waals surface area contributed by atoms with Crippen molar-refractivity contribution < 1.29 is 23.1 Å². The minimum absolute atomic E-state index is 0.0479. The van der Waals surface area contributed by atoms with Crippen LogP contribution in [0.25, 0.3) is 33.3 Å². The SMILES string of the molecule is C#Cc1cc2c(c(F)n1)C1N(CC3CC3NC(=O)c3n[nH]c4cc(C5=C(c6ccc(NC(=O)C(=C)C)cc6)N(C)C6(C)N=CNC(N)=C56)ccc34)c3ncnc(N)c3C1(C)c1cc(F)c(Oc3nccc(C)n3)cc1-2. The van der Waals surface area contributed by atoms with E-state index in [1.165, 1.54) is 24.7 Å². The van der Waals surface area contributed by atoms with Crippen molar-refractivity contribution in [3.63, 3.8) is 0 Å². The van der Waals surface area contributed by atoms with Gasteiger partial charge in [-0.1, -0.05) is 30.7 Å². The van der Waals surface area contributed by atoms with Crippen LogP contribution in [0.15, 0.2) is 108 Å². The number of amides is 2. The predicted octanol–water partition coefficient (Wildman–Crippen LogP) is 6.99. The van der Waals surface area contributed by atoms with E-state index in [4.69, 9.17) is 32.6 Å². The van der Waals surface area contributed by atoms with Gasteiger partial charge < -0.3 is 42.0 Å². The van der Waals surface area contributed by atoms with Crippen molar-refractivity contribution in [2.75, 3.05) is 29.5 Å². The molecule has 0 radical (unpaired) electrons. The van der Waals surface area contributed by atoms with Gasteiger partial charge in [-0.15, -0.1) is 6.42 Å². The molecule has 7 aromatic rings. The van der Waals surface area contributed by atoms with Crippen LogP contribution in [0, 0.1) is 37.0 Å². The number of nitrogens with two attached hydrogens (primary N) is 2. The monoisotopic (exact) mass is 1000 g/mol. The van der Waals surface area contributed by atoms with E-state index in [0.29, 0.717) is 74.7 Å². The number of nitrogens with zero attached hydrogens (tertiary/aromatic N) is 9. The van der Waals surface area contributed by atoms with Gasteiger partial charge in [0.05, 0.1) is 29.0 Å². The first-order chi connectivity index (χ1) is 36.0. The van der Waals surface area contributed by atoms with Gasteiger partial charge in [-0.3, -0.25) is 14.7 Å². The van der Waals surface area contributed by atoms with Gasteiger partial charge >= 0.3 is 6.01 Å². The molecule has 4 aromatic heterocycles. The van der Waals surface area contributed by atoms with Gasteiger partial charge in [0, 0.05) is 70.4 Å². The fraction of sp³-hybridized carbons (Fsp3) is 0.218.